The largest absolute Gasteiger partial charge is 0.341 e. The van der Waals surface area contributed by atoms with Crippen molar-refractivity contribution in [1.82, 2.24) is 14.7 Å². The van der Waals surface area contributed by atoms with Gasteiger partial charge in [0.25, 0.3) is 0 Å². The second kappa shape index (κ2) is 8.25. The molecule has 1 aromatic heterocycles. The van der Waals surface area contributed by atoms with E-state index in [4.69, 9.17) is 0 Å². The van der Waals surface area contributed by atoms with E-state index < -0.39 is 0 Å². The summed E-state index contributed by atoms with van der Waals surface area (Å²) in [6, 6.07) is 18.9. The summed E-state index contributed by atoms with van der Waals surface area (Å²) < 4.78 is 1.79. The Morgan fingerprint density at radius 1 is 0.962 bits per heavy atom. The first kappa shape index (κ1) is 17.6. The summed E-state index contributed by atoms with van der Waals surface area (Å²) in [6.45, 7) is 0.512. The molecular weight excluding hydrogens is 326 g/mol. The van der Waals surface area contributed by atoms with E-state index in [1.807, 2.05) is 54.7 Å². The molecule has 0 saturated carbocycles. The highest BCUT2D eigenvalue weighted by Gasteiger charge is 2.13. The molecule has 1 amide bonds. The highest BCUT2D eigenvalue weighted by atomic mass is 16.2. The van der Waals surface area contributed by atoms with Crippen LogP contribution in [0.1, 0.15) is 28.8 Å². The van der Waals surface area contributed by atoms with Crippen molar-refractivity contribution in [3.8, 4) is 5.69 Å². The van der Waals surface area contributed by atoms with Gasteiger partial charge in [0.05, 0.1) is 5.69 Å². The van der Waals surface area contributed by atoms with Crippen LogP contribution in [-0.4, -0.2) is 33.4 Å². The van der Waals surface area contributed by atoms with Gasteiger partial charge in [-0.15, -0.1) is 0 Å². The minimum Gasteiger partial charge on any atom is -0.341 e. The zero-order valence-electron chi connectivity index (χ0n) is 14.7. The second-order valence-electron chi connectivity index (χ2n) is 6.16. The van der Waals surface area contributed by atoms with Crippen LogP contribution in [0.5, 0.6) is 0 Å². The van der Waals surface area contributed by atoms with E-state index in [1.165, 1.54) is 0 Å². The summed E-state index contributed by atoms with van der Waals surface area (Å²) in [4.78, 5) is 26.1. The van der Waals surface area contributed by atoms with Crippen molar-refractivity contribution < 1.29 is 9.59 Å². The van der Waals surface area contributed by atoms with Crippen LogP contribution in [0.3, 0.4) is 0 Å². The molecule has 0 saturated heterocycles. The fourth-order valence-corrected chi connectivity index (χ4v) is 2.72. The minimum atomic E-state index is -0.0366. The number of Topliss-reactive ketones (excluding diaryl/α,β-unsaturated/α-hetero) is 1. The molecule has 5 nitrogen and oxygen atoms in total. The van der Waals surface area contributed by atoms with Crippen LogP contribution in [0.25, 0.3) is 5.69 Å². The van der Waals surface area contributed by atoms with Crippen molar-refractivity contribution in [2.75, 3.05) is 7.05 Å². The molecule has 0 unspecified atom stereocenters. The maximum atomic E-state index is 12.3. The highest BCUT2D eigenvalue weighted by Crippen LogP contribution is 2.12. The number of ketones is 1. The summed E-state index contributed by atoms with van der Waals surface area (Å²) in [7, 11) is 1.76. The molecule has 26 heavy (non-hydrogen) atoms. The Labute approximate surface area is 152 Å². The van der Waals surface area contributed by atoms with E-state index in [0.29, 0.717) is 12.1 Å². The Balaban J connectivity index is 1.51. The van der Waals surface area contributed by atoms with Gasteiger partial charge in [0.2, 0.25) is 5.91 Å². The molecule has 0 atom stereocenters. The van der Waals surface area contributed by atoms with Crippen LogP contribution in [-0.2, 0) is 11.3 Å². The van der Waals surface area contributed by atoms with E-state index in [0.717, 1.165) is 11.3 Å². The number of rotatable bonds is 7. The number of carbonyl (C=O) groups is 2. The Kier molecular flexibility index (Phi) is 5.59. The fraction of sp³-hybridized carbons (Fsp3) is 0.190. The van der Waals surface area contributed by atoms with Crippen molar-refractivity contribution >= 4 is 11.7 Å². The molecule has 132 valence electrons. The molecule has 0 fully saturated rings. The van der Waals surface area contributed by atoms with Crippen molar-refractivity contribution in [2.45, 2.75) is 19.4 Å². The summed E-state index contributed by atoms with van der Waals surface area (Å²) >= 11 is 0. The topological polar surface area (TPSA) is 55.2 Å². The number of carbonyl (C=O) groups excluding carboxylic acids is 2. The maximum absolute atomic E-state index is 12.3. The van der Waals surface area contributed by atoms with Crippen molar-refractivity contribution in [2.24, 2.45) is 0 Å². The Morgan fingerprint density at radius 2 is 1.69 bits per heavy atom. The molecule has 0 aliphatic rings. The number of nitrogens with zero attached hydrogens (tertiary/aromatic N) is 3. The van der Waals surface area contributed by atoms with Gasteiger partial charge in [-0.05, 0) is 23.8 Å². The van der Waals surface area contributed by atoms with Gasteiger partial charge >= 0.3 is 0 Å². The van der Waals surface area contributed by atoms with Gasteiger partial charge in [0.1, 0.15) is 0 Å². The third kappa shape index (κ3) is 4.45. The maximum Gasteiger partial charge on any atom is 0.223 e. The third-order valence-corrected chi connectivity index (χ3v) is 4.21. The average molecular weight is 347 g/mol. The first-order valence-electron chi connectivity index (χ1n) is 8.54. The molecular formula is C21H21N3O2. The molecule has 0 spiro atoms. The summed E-state index contributed by atoms with van der Waals surface area (Å²) in [5.74, 6) is -0.0404. The smallest absolute Gasteiger partial charge is 0.223 e. The first-order valence-corrected chi connectivity index (χ1v) is 8.54. The van der Waals surface area contributed by atoms with Crippen molar-refractivity contribution in [3.63, 3.8) is 0 Å². The second-order valence-corrected chi connectivity index (χ2v) is 6.16. The number of hydrogen-bond acceptors (Lipinski definition) is 3. The third-order valence-electron chi connectivity index (χ3n) is 4.21. The molecule has 5 heteroatoms. The van der Waals surface area contributed by atoms with Crippen LogP contribution in [0, 0.1) is 0 Å². The lowest BCUT2D eigenvalue weighted by Crippen LogP contribution is -2.26. The number of hydrogen-bond donors (Lipinski definition) is 0. The standard InChI is InChI=1S/C21H21N3O2/c1-23(21(26)13-12-20(25)18-6-3-2-4-7-18)16-17-8-10-19(11-9-17)24-15-5-14-22-24/h2-11,14-15H,12-13,16H2,1H3. The van der Waals surface area contributed by atoms with Gasteiger partial charge in [0, 0.05) is 44.4 Å². The molecule has 0 aliphatic heterocycles. The molecule has 3 rings (SSSR count). The van der Waals surface area contributed by atoms with E-state index in [2.05, 4.69) is 5.10 Å². The van der Waals surface area contributed by atoms with Gasteiger partial charge in [0.15, 0.2) is 5.78 Å². The van der Waals surface area contributed by atoms with Gasteiger partial charge in [-0.3, -0.25) is 9.59 Å². The lowest BCUT2D eigenvalue weighted by atomic mass is 10.1. The van der Waals surface area contributed by atoms with Crippen LogP contribution in [0.2, 0.25) is 0 Å². The number of aromatic nitrogens is 2. The molecule has 0 N–H and O–H groups in total. The molecule has 2 aromatic carbocycles. The summed E-state index contributed by atoms with van der Waals surface area (Å²) in [5, 5.41) is 4.19. The first-order chi connectivity index (χ1) is 12.6. The van der Waals surface area contributed by atoms with Gasteiger partial charge < -0.3 is 4.90 Å². The Hall–Kier alpha value is -3.21. The van der Waals surface area contributed by atoms with Crippen LogP contribution in [0.4, 0.5) is 0 Å². The average Bonchev–Trinajstić information content (AvgIpc) is 3.22. The van der Waals surface area contributed by atoms with E-state index in [-0.39, 0.29) is 24.5 Å². The van der Waals surface area contributed by atoms with Crippen LogP contribution < -0.4 is 0 Å². The minimum absolute atomic E-state index is 0.00377. The van der Waals surface area contributed by atoms with E-state index in [9.17, 15) is 9.59 Å². The SMILES string of the molecule is CN(Cc1ccc(-n2cccn2)cc1)C(=O)CCC(=O)c1ccccc1. The Bertz CT molecular complexity index is 856. The molecule has 0 bridgehead atoms. The monoisotopic (exact) mass is 347 g/mol. The van der Waals surface area contributed by atoms with Crippen LogP contribution in [0.15, 0.2) is 73.1 Å². The van der Waals surface area contributed by atoms with E-state index >= 15 is 0 Å². The Morgan fingerprint density at radius 3 is 2.35 bits per heavy atom. The van der Waals surface area contributed by atoms with Crippen LogP contribution >= 0.6 is 0 Å². The van der Waals surface area contributed by atoms with Crippen molar-refractivity contribution in [1.29, 1.82) is 0 Å². The predicted octanol–water partition coefficient (Wildman–Crippen LogP) is 3.49. The molecule has 3 aromatic rings. The molecule has 1 heterocycles. The lowest BCUT2D eigenvalue weighted by Gasteiger charge is -2.17. The summed E-state index contributed by atoms with van der Waals surface area (Å²) in [5.41, 5.74) is 2.66. The molecule has 0 radical (unpaired) electrons. The zero-order chi connectivity index (χ0) is 18.4. The summed E-state index contributed by atoms with van der Waals surface area (Å²) in [6.07, 6.45) is 4.06. The fourth-order valence-electron chi connectivity index (χ4n) is 2.72. The van der Waals surface area contributed by atoms with E-state index in [1.54, 1.807) is 35.0 Å². The highest BCUT2D eigenvalue weighted by molar-refractivity contribution is 5.97. The predicted molar refractivity (Wildman–Crippen MR) is 100 cm³/mol. The quantitative estimate of drug-likeness (QED) is 0.615. The number of benzene rings is 2. The lowest BCUT2D eigenvalue weighted by molar-refractivity contribution is -0.130. The van der Waals surface area contributed by atoms with Gasteiger partial charge in [-0.2, -0.15) is 5.10 Å². The van der Waals surface area contributed by atoms with Crippen molar-refractivity contribution in [3.05, 3.63) is 84.2 Å². The van der Waals surface area contributed by atoms with Gasteiger partial charge in [-0.25, -0.2) is 4.68 Å². The zero-order valence-corrected chi connectivity index (χ0v) is 14.7. The molecule has 0 aliphatic carbocycles. The number of amides is 1. The van der Waals surface area contributed by atoms with Gasteiger partial charge in [-0.1, -0.05) is 42.5 Å². The normalized spacial score (nSPS) is 10.5.